The molecule has 1 saturated heterocycles. The van der Waals surface area contributed by atoms with Crippen molar-refractivity contribution < 1.29 is 18.3 Å². The molecular weight excluding hydrogens is 414 g/mol. The lowest BCUT2D eigenvalue weighted by molar-refractivity contribution is -0.384. The Morgan fingerprint density at radius 2 is 1.67 bits per heavy atom. The molecule has 0 aliphatic carbocycles. The molecule has 0 saturated carbocycles. The number of nitro groups is 2. The third-order valence-corrected chi connectivity index (χ3v) is 6.60. The van der Waals surface area contributed by atoms with E-state index in [1.807, 2.05) is 0 Å². The van der Waals surface area contributed by atoms with Crippen molar-refractivity contribution in [1.29, 1.82) is 0 Å². The molecule has 1 heterocycles. The van der Waals surface area contributed by atoms with Crippen LogP contribution in [0.2, 0.25) is 0 Å². The Bertz CT molecular complexity index is 1110. The number of hydrogen-bond acceptors (Lipinski definition) is 8. The molecule has 2 aromatic carbocycles. The molecular formula is C18H19N5O6S. The number of benzene rings is 2. The second-order valence-electron chi connectivity index (χ2n) is 6.66. The molecule has 30 heavy (non-hydrogen) atoms. The van der Waals surface area contributed by atoms with Crippen LogP contribution in [0.4, 0.5) is 17.1 Å². The molecule has 0 atom stereocenters. The topological polar surface area (TPSA) is 148 Å². The van der Waals surface area contributed by atoms with Gasteiger partial charge in [0.25, 0.3) is 11.4 Å². The molecule has 2 aromatic rings. The molecule has 1 N–H and O–H groups in total. The second kappa shape index (κ2) is 8.55. The monoisotopic (exact) mass is 433 g/mol. The summed E-state index contributed by atoms with van der Waals surface area (Å²) in [6.07, 6.45) is 1.52. The number of rotatable bonds is 7. The summed E-state index contributed by atoms with van der Waals surface area (Å²) in [5.41, 5.74) is 3.15. The number of sulfonamides is 1. The average molecular weight is 433 g/mol. The van der Waals surface area contributed by atoms with Crippen molar-refractivity contribution in [3.05, 3.63) is 68.3 Å². The van der Waals surface area contributed by atoms with Crippen LogP contribution in [0.25, 0.3) is 0 Å². The summed E-state index contributed by atoms with van der Waals surface area (Å²) >= 11 is 0. The summed E-state index contributed by atoms with van der Waals surface area (Å²) < 4.78 is 26.6. The molecule has 0 aromatic heterocycles. The molecule has 12 heteroatoms. The highest BCUT2D eigenvalue weighted by Crippen LogP contribution is 2.30. The van der Waals surface area contributed by atoms with Gasteiger partial charge in [-0.1, -0.05) is 0 Å². The number of non-ortho nitro benzene ring substituents is 1. The van der Waals surface area contributed by atoms with Crippen molar-refractivity contribution in [3.8, 4) is 0 Å². The predicted molar refractivity (Wildman–Crippen MR) is 110 cm³/mol. The number of nitro benzene ring substituents is 2. The minimum atomic E-state index is -3.79. The quantitative estimate of drug-likeness (QED) is 0.400. The average Bonchev–Trinajstić information content (AvgIpc) is 3.27. The largest absolute Gasteiger partial charge is 0.295 e. The van der Waals surface area contributed by atoms with Crippen molar-refractivity contribution in [3.63, 3.8) is 0 Å². The zero-order valence-electron chi connectivity index (χ0n) is 16.0. The number of anilines is 1. The van der Waals surface area contributed by atoms with Gasteiger partial charge in [0.05, 0.1) is 20.5 Å². The Morgan fingerprint density at radius 1 is 1.03 bits per heavy atom. The lowest BCUT2D eigenvalue weighted by Gasteiger charge is -2.15. The smallest absolute Gasteiger partial charge is 0.271 e. The number of hydrogen-bond donors (Lipinski definition) is 1. The van der Waals surface area contributed by atoms with Crippen LogP contribution in [0.1, 0.15) is 25.3 Å². The van der Waals surface area contributed by atoms with Crippen molar-refractivity contribution in [2.24, 2.45) is 5.10 Å². The first kappa shape index (κ1) is 21.3. The van der Waals surface area contributed by atoms with E-state index in [4.69, 9.17) is 0 Å². The molecule has 11 nitrogen and oxygen atoms in total. The van der Waals surface area contributed by atoms with E-state index < -0.39 is 25.6 Å². The summed E-state index contributed by atoms with van der Waals surface area (Å²) in [5.74, 6) is 0. The van der Waals surface area contributed by atoms with Gasteiger partial charge in [-0.05, 0) is 49.6 Å². The van der Waals surface area contributed by atoms with E-state index in [9.17, 15) is 28.6 Å². The molecule has 1 fully saturated rings. The van der Waals surface area contributed by atoms with Crippen LogP contribution in [0.3, 0.4) is 0 Å². The van der Waals surface area contributed by atoms with Crippen molar-refractivity contribution in [2.75, 3.05) is 18.5 Å². The fraction of sp³-hybridized carbons (Fsp3) is 0.278. The maximum Gasteiger partial charge on any atom is 0.295 e. The van der Waals surface area contributed by atoms with Gasteiger partial charge in [-0.2, -0.15) is 9.41 Å². The Labute approximate surface area is 172 Å². The van der Waals surface area contributed by atoms with Gasteiger partial charge in [0.1, 0.15) is 5.69 Å². The Balaban J connectivity index is 1.86. The summed E-state index contributed by atoms with van der Waals surface area (Å²) in [6.45, 7) is 2.43. The number of nitrogens with zero attached hydrogens (tertiary/aromatic N) is 4. The first-order chi connectivity index (χ1) is 14.2. The van der Waals surface area contributed by atoms with Crippen LogP contribution < -0.4 is 5.43 Å². The van der Waals surface area contributed by atoms with E-state index in [0.717, 1.165) is 18.9 Å². The summed E-state index contributed by atoms with van der Waals surface area (Å²) in [7, 11) is -3.79. The van der Waals surface area contributed by atoms with Gasteiger partial charge in [-0.25, -0.2) is 8.42 Å². The zero-order chi connectivity index (χ0) is 21.9. The van der Waals surface area contributed by atoms with Crippen LogP contribution in [-0.2, 0) is 10.0 Å². The lowest BCUT2D eigenvalue weighted by Crippen LogP contribution is -2.27. The second-order valence-corrected chi connectivity index (χ2v) is 8.60. The van der Waals surface area contributed by atoms with Gasteiger partial charge in [0.15, 0.2) is 0 Å². The first-order valence-electron chi connectivity index (χ1n) is 9.04. The van der Waals surface area contributed by atoms with Crippen LogP contribution in [0.15, 0.2) is 52.5 Å². The number of nitrogens with one attached hydrogen (secondary N) is 1. The minimum absolute atomic E-state index is 0.0293. The molecule has 0 bridgehead atoms. The Hall–Kier alpha value is -3.38. The summed E-state index contributed by atoms with van der Waals surface area (Å²) in [4.78, 5) is 20.9. The van der Waals surface area contributed by atoms with Gasteiger partial charge in [0.2, 0.25) is 10.0 Å². The minimum Gasteiger partial charge on any atom is -0.271 e. The van der Waals surface area contributed by atoms with E-state index in [-0.39, 0.29) is 16.3 Å². The maximum atomic E-state index is 12.7. The summed E-state index contributed by atoms with van der Waals surface area (Å²) in [5, 5.41) is 26.3. The molecule has 1 aliphatic rings. The fourth-order valence-electron chi connectivity index (χ4n) is 3.03. The van der Waals surface area contributed by atoms with E-state index in [0.29, 0.717) is 24.4 Å². The van der Waals surface area contributed by atoms with E-state index in [2.05, 4.69) is 10.5 Å². The predicted octanol–water partition coefficient (Wildman–Crippen LogP) is 3.12. The highest BCUT2D eigenvalue weighted by atomic mass is 32.2. The van der Waals surface area contributed by atoms with Crippen molar-refractivity contribution in [2.45, 2.75) is 24.7 Å². The van der Waals surface area contributed by atoms with Gasteiger partial charge < -0.3 is 0 Å². The number of hydrazone groups is 1. The molecule has 3 rings (SSSR count). The van der Waals surface area contributed by atoms with Gasteiger partial charge in [-0.3, -0.25) is 25.7 Å². The molecule has 0 spiro atoms. The Kier molecular flexibility index (Phi) is 6.08. The Morgan fingerprint density at radius 3 is 2.23 bits per heavy atom. The molecule has 0 amide bonds. The first-order valence-corrected chi connectivity index (χ1v) is 10.5. The van der Waals surface area contributed by atoms with Gasteiger partial charge in [0, 0.05) is 31.3 Å². The molecule has 0 radical (unpaired) electrons. The van der Waals surface area contributed by atoms with E-state index in [1.54, 1.807) is 6.92 Å². The zero-order valence-corrected chi connectivity index (χ0v) is 16.8. The molecule has 0 unspecified atom stereocenters. The van der Waals surface area contributed by atoms with Crippen LogP contribution >= 0.6 is 0 Å². The van der Waals surface area contributed by atoms with Crippen molar-refractivity contribution >= 4 is 32.8 Å². The SMILES string of the molecule is C/C(=N\Nc1ccc(S(=O)(=O)N2CCCC2)cc1[N+](=O)[O-])c1ccc([N+](=O)[O-])cc1. The van der Waals surface area contributed by atoms with E-state index in [1.165, 1.54) is 40.7 Å². The molecule has 1 aliphatic heterocycles. The highest BCUT2D eigenvalue weighted by Gasteiger charge is 2.29. The van der Waals surface area contributed by atoms with Crippen LogP contribution in [0.5, 0.6) is 0 Å². The third kappa shape index (κ3) is 4.44. The lowest BCUT2D eigenvalue weighted by atomic mass is 10.1. The van der Waals surface area contributed by atoms with Crippen molar-refractivity contribution in [1.82, 2.24) is 4.31 Å². The van der Waals surface area contributed by atoms with Gasteiger partial charge >= 0.3 is 0 Å². The third-order valence-electron chi connectivity index (χ3n) is 4.71. The molecule has 158 valence electrons. The van der Waals surface area contributed by atoms with Gasteiger partial charge in [-0.15, -0.1) is 0 Å². The van der Waals surface area contributed by atoms with Crippen LogP contribution in [-0.4, -0.2) is 41.4 Å². The maximum absolute atomic E-state index is 12.7. The van der Waals surface area contributed by atoms with E-state index >= 15 is 0 Å². The standard InChI is InChI=1S/C18H19N5O6S/c1-13(14-4-6-15(7-5-14)22(24)25)19-20-17-9-8-16(12-18(17)23(26)27)30(28,29)21-10-2-3-11-21/h4-9,12,20H,2-3,10-11H2,1H3/b19-13+. The fourth-order valence-corrected chi connectivity index (χ4v) is 4.57. The van der Waals surface area contributed by atoms with Crippen LogP contribution in [0, 0.1) is 20.2 Å². The normalized spacial score (nSPS) is 15.2. The summed E-state index contributed by atoms with van der Waals surface area (Å²) in [6, 6.07) is 9.31. The highest BCUT2D eigenvalue weighted by molar-refractivity contribution is 7.89.